The van der Waals surface area contributed by atoms with Gasteiger partial charge in [0.05, 0.1) is 18.4 Å². The van der Waals surface area contributed by atoms with Crippen LogP contribution in [0.5, 0.6) is 5.75 Å². The van der Waals surface area contributed by atoms with E-state index in [0.29, 0.717) is 27.6 Å². The highest BCUT2D eigenvalue weighted by Gasteiger charge is 2.32. The Bertz CT molecular complexity index is 826. The summed E-state index contributed by atoms with van der Waals surface area (Å²) in [6, 6.07) is 12.3. The Morgan fingerprint density at radius 2 is 2.07 bits per heavy atom. The summed E-state index contributed by atoms with van der Waals surface area (Å²) in [5.74, 6) is 0.167. The largest absolute Gasteiger partial charge is 0.494 e. The van der Waals surface area contributed by atoms with Crippen LogP contribution in [0, 0.1) is 6.92 Å². The van der Waals surface area contributed by atoms with Crippen molar-refractivity contribution >= 4 is 23.2 Å². The summed E-state index contributed by atoms with van der Waals surface area (Å²) in [4.78, 5) is 15.3. The van der Waals surface area contributed by atoms with Crippen LogP contribution in [0.4, 0.5) is 5.69 Å². The van der Waals surface area contributed by atoms with Gasteiger partial charge in [-0.05, 0) is 37.5 Å². The van der Waals surface area contributed by atoms with Crippen molar-refractivity contribution in [3.05, 3.63) is 58.1 Å². The lowest BCUT2D eigenvalue weighted by atomic mass is 10.1. The van der Waals surface area contributed by atoms with Crippen LogP contribution < -0.4 is 15.8 Å². The van der Waals surface area contributed by atoms with E-state index < -0.39 is 0 Å². The van der Waals surface area contributed by atoms with Crippen LogP contribution in [0.15, 0.2) is 36.4 Å². The van der Waals surface area contributed by atoms with E-state index in [1.165, 1.54) is 12.7 Å². The van der Waals surface area contributed by atoms with Gasteiger partial charge in [0.25, 0.3) is 5.91 Å². The van der Waals surface area contributed by atoms with E-state index in [-0.39, 0.29) is 18.0 Å². The average Bonchev–Trinajstić information content (AvgIpc) is 3.00. The van der Waals surface area contributed by atoms with E-state index in [1.807, 2.05) is 25.1 Å². The topological polar surface area (TPSA) is 67.6 Å². The molecule has 27 heavy (non-hydrogen) atoms. The van der Waals surface area contributed by atoms with Crippen molar-refractivity contribution < 1.29 is 9.53 Å². The summed E-state index contributed by atoms with van der Waals surface area (Å²) in [6.45, 7) is 5.77. The average molecular weight is 388 g/mol. The molecule has 0 unspecified atom stereocenters. The van der Waals surface area contributed by atoms with Crippen LogP contribution >= 0.6 is 11.6 Å². The molecule has 1 amide bonds. The fourth-order valence-corrected chi connectivity index (χ4v) is 3.83. The van der Waals surface area contributed by atoms with Gasteiger partial charge in [-0.2, -0.15) is 0 Å². The summed E-state index contributed by atoms with van der Waals surface area (Å²) >= 11 is 6.23. The third kappa shape index (κ3) is 4.04. The molecule has 2 atom stereocenters. The lowest BCUT2D eigenvalue weighted by Crippen LogP contribution is -2.43. The number of nitrogens with two attached hydrogens (primary N) is 1. The van der Waals surface area contributed by atoms with E-state index in [2.05, 4.69) is 29.3 Å². The van der Waals surface area contributed by atoms with E-state index >= 15 is 0 Å². The minimum atomic E-state index is -0.209. The van der Waals surface area contributed by atoms with Gasteiger partial charge in [0.15, 0.2) is 5.75 Å². The van der Waals surface area contributed by atoms with Crippen molar-refractivity contribution in [2.75, 3.05) is 19.4 Å². The van der Waals surface area contributed by atoms with Gasteiger partial charge in [-0.1, -0.05) is 41.9 Å². The lowest BCUT2D eigenvalue weighted by Gasteiger charge is -2.25. The summed E-state index contributed by atoms with van der Waals surface area (Å²) in [5, 5.41) is 3.60. The van der Waals surface area contributed by atoms with Gasteiger partial charge in [0, 0.05) is 30.2 Å². The number of likely N-dealkylation sites (tertiary alicyclic amines) is 1. The fraction of sp³-hybridized carbons (Fsp3) is 0.381. The SMILES string of the molecule is COc1c(C(=O)N[C@H]2CCN(Cc3ccccc3)[C@H]2C)cc(Cl)c(C)c1N. The van der Waals surface area contributed by atoms with Crippen LogP contribution in [0.2, 0.25) is 5.02 Å². The number of nitrogens with zero attached hydrogens (tertiary/aromatic N) is 1. The molecule has 0 radical (unpaired) electrons. The van der Waals surface area contributed by atoms with E-state index in [1.54, 1.807) is 6.07 Å². The molecule has 0 bridgehead atoms. The predicted octanol–water partition coefficient (Wildman–Crippen LogP) is 3.63. The van der Waals surface area contributed by atoms with Crippen molar-refractivity contribution in [1.82, 2.24) is 10.2 Å². The Kier molecular flexibility index (Phi) is 5.92. The number of halogens is 1. The Morgan fingerprint density at radius 3 is 2.74 bits per heavy atom. The second-order valence-electron chi connectivity index (χ2n) is 7.04. The zero-order valence-electron chi connectivity index (χ0n) is 16.0. The zero-order valence-corrected chi connectivity index (χ0v) is 16.7. The first-order chi connectivity index (χ1) is 12.9. The van der Waals surface area contributed by atoms with Gasteiger partial charge >= 0.3 is 0 Å². The van der Waals surface area contributed by atoms with Gasteiger partial charge in [-0.3, -0.25) is 9.69 Å². The maximum atomic E-state index is 12.9. The molecule has 1 aliphatic heterocycles. The number of carbonyl (C=O) groups excluding carboxylic acids is 1. The van der Waals surface area contributed by atoms with Crippen LogP contribution in [-0.2, 0) is 6.54 Å². The monoisotopic (exact) mass is 387 g/mol. The zero-order chi connectivity index (χ0) is 19.6. The quantitative estimate of drug-likeness (QED) is 0.769. The third-order valence-corrected chi connectivity index (χ3v) is 5.79. The van der Waals surface area contributed by atoms with Crippen LogP contribution in [0.3, 0.4) is 0 Å². The van der Waals surface area contributed by atoms with E-state index in [9.17, 15) is 4.79 Å². The van der Waals surface area contributed by atoms with Gasteiger partial charge in [0.1, 0.15) is 0 Å². The van der Waals surface area contributed by atoms with Gasteiger partial charge < -0.3 is 15.8 Å². The molecule has 6 heteroatoms. The molecular weight excluding hydrogens is 362 g/mol. The molecule has 2 aromatic carbocycles. The first-order valence-electron chi connectivity index (χ1n) is 9.13. The van der Waals surface area contributed by atoms with Crippen LogP contribution in [0.1, 0.15) is 34.8 Å². The molecule has 1 heterocycles. The highest BCUT2D eigenvalue weighted by atomic mass is 35.5. The maximum absolute atomic E-state index is 12.9. The first-order valence-corrected chi connectivity index (χ1v) is 9.51. The molecular formula is C21H26ClN3O2. The number of anilines is 1. The molecule has 3 rings (SSSR count). The van der Waals surface area contributed by atoms with Crippen molar-refractivity contribution in [2.45, 2.75) is 38.9 Å². The molecule has 2 aromatic rings. The predicted molar refractivity (Wildman–Crippen MR) is 109 cm³/mol. The second-order valence-corrected chi connectivity index (χ2v) is 7.45. The Labute approximate surface area is 165 Å². The Morgan fingerprint density at radius 1 is 1.37 bits per heavy atom. The standard InChI is InChI=1S/C21H26ClN3O2/c1-13-17(22)11-16(20(27-3)19(13)23)21(26)24-18-9-10-25(14(18)2)12-15-7-5-4-6-8-15/h4-8,11,14,18H,9-10,12,23H2,1-3H3,(H,24,26)/t14-,18-/m0/s1. The molecule has 144 valence electrons. The molecule has 0 aliphatic carbocycles. The molecule has 0 saturated carbocycles. The molecule has 1 fully saturated rings. The van der Waals surface area contributed by atoms with Gasteiger partial charge in [0.2, 0.25) is 0 Å². The van der Waals surface area contributed by atoms with Crippen molar-refractivity contribution in [3.8, 4) is 5.75 Å². The number of nitrogen functional groups attached to an aromatic ring is 1. The molecule has 0 aromatic heterocycles. The van der Waals surface area contributed by atoms with Crippen molar-refractivity contribution in [3.63, 3.8) is 0 Å². The Hall–Kier alpha value is -2.24. The molecule has 0 spiro atoms. The minimum absolute atomic E-state index is 0.0622. The number of hydrogen-bond donors (Lipinski definition) is 2. The van der Waals surface area contributed by atoms with E-state index in [0.717, 1.165) is 19.5 Å². The molecule has 1 saturated heterocycles. The number of carbonyl (C=O) groups is 1. The molecule has 5 nitrogen and oxygen atoms in total. The molecule has 1 aliphatic rings. The van der Waals surface area contributed by atoms with Gasteiger partial charge in [-0.25, -0.2) is 0 Å². The number of methoxy groups -OCH3 is 1. The maximum Gasteiger partial charge on any atom is 0.255 e. The highest BCUT2D eigenvalue weighted by molar-refractivity contribution is 6.32. The summed E-state index contributed by atoms with van der Waals surface area (Å²) in [5.41, 5.74) is 8.85. The molecule has 3 N–H and O–H groups in total. The van der Waals surface area contributed by atoms with Crippen molar-refractivity contribution in [2.24, 2.45) is 0 Å². The summed E-state index contributed by atoms with van der Waals surface area (Å²) < 4.78 is 5.37. The normalized spacial score (nSPS) is 19.9. The second kappa shape index (κ2) is 8.19. The Balaban J connectivity index is 1.72. The summed E-state index contributed by atoms with van der Waals surface area (Å²) in [6.07, 6.45) is 0.900. The number of nitrogens with one attached hydrogen (secondary N) is 1. The lowest BCUT2D eigenvalue weighted by molar-refractivity contribution is 0.0924. The third-order valence-electron chi connectivity index (χ3n) is 5.40. The first kappa shape index (κ1) is 19.5. The van der Waals surface area contributed by atoms with Crippen LogP contribution in [-0.4, -0.2) is 36.5 Å². The van der Waals surface area contributed by atoms with E-state index in [4.69, 9.17) is 22.1 Å². The fourth-order valence-electron chi connectivity index (χ4n) is 3.62. The number of rotatable bonds is 5. The number of amides is 1. The number of benzene rings is 2. The van der Waals surface area contributed by atoms with Crippen molar-refractivity contribution in [1.29, 1.82) is 0 Å². The number of hydrogen-bond acceptors (Lipinski definition) is 4. The minimum Gasteiger partial charge on any atom is -0.494 e. The van der Waals surface area contributed by atoms with Crippen LogP contribution in [0.25, 0.3) is 0 Å². The van der Waals surface area contributed by atoms with Gasteiger partial charge in [-0.15, -0.1) is 0 Å². The summed E-state index contributed by atoms with van der Waals surface area (Å²) in [7, 11) is 1.51. The number of ether oxygens (including phenoxy) is 1. The smallest absolute Gasteiger partial charge is 0.255 e. The highest BCUT2D eigenvalue weighted by Crippen LogP contribution is 2.35.